The van der Waals surface area contributed by atoms with Crippen LogP contribution in [0.3, 0.4) is 0 Å². The molecule has 0 saturated heterocycles. The molecule has 0 aliphatic carbocycles. The van der Waals surface area contributed by atoms with Crippen molar-refractivity contribution in [1.29, 1.82) is 0 Å². The average molecular weight is 313 g/mol. The number of nitrogens with one attached hydrogen (secondary N) is 4. The SMILES string of the molecule is NC(=O)NNc1nc(Cl)nc2c(NNC(N)=O)ncnc12. The number of urea groups is 2. The largest absolute Gasteiger partial charge is 0.350 e. The van der Waals surface area contributed by atoms with Gasteiger partial charge in [-0.1, -0.05) is 0 Å². The molecule has 2 aromatic rings. The topological polar surface area (TPSA) is 186 Å². The third kappa shape index (κ3) is 3.44. The van der Waals surface area contributed by atoms with Crippen LogP contribution in [0.4, 0.5) is 21.2 Å². The summed E-state index contributed by atoms with van der Waals surface area (Å²) in [6, 6.07) is -1.66. The lowest BCUT2D eigenvalue weighted by molar-refractivity contribution is 0.250. The van der Waals surface area contributed by atoms with Gasteiger partial charge in [-0.2, -0.15) is 4.98 Å². The van der Waals surface area contributed by atoms with Crippen molar-refractivity contribution in [2.24, 2.45) is 11.5 Å². The van der Waals surface area contributed by atoms with Crippen LogP contribution in [0.25, 0.3) is 11.0 Å². The Labute approximate surface area is 121 Å². The Kier molecular flexibility index (Phi) is 3.99. The normalized spacial score (nSPS) is 9.95. The molecule has 0 aliphatic rings. The van der Waals surface area contributed by atoms with Crippen molar-refractivity contribution in [2.75, 3.05) is 10.9 Å². The first-order chi connectivity index (χ1) is 9.97. The number of carbonyl (C=O) groups excluding carboxylic acids is 2. The zero-order valence-electron chi connectivity index (χ0n) is 10.2. The number of anilines is 2. The van der Waals surface area contributed by atoms with E-state index in [1.165, 1.54) is 6.33 Å². The average Bonchev–Trinajstić information content (AvgIpc) is 2.42. The van der Waals surface area contributed by atoms with Crippen LogP contribution in [-0.4, -0.2) is 32.0 Å². The van der Waals surface area contributed by atoms with E-state index >= 15 is 0 Å². The zero-order valence-corrected chi connectivity index (χ0v) is 11.0. The minimum Gasteiger partial charge on any atom is -0.350 e. The lowest BCUT2D eigenvalue weighted by Gasteiger charge is -2.10. The van der Waals surface area contributed by atoms with E-state index < -0.39 is 12.1 Å². The molecule has 110 valence electrons. The second-order valence-corrected chi connectivity index (χ2v) is 3.83. The molecule has 12 nitrogen and oxygen atoms in total. The summed E-state index contributed by atoms with van der Waals surface area (Å²) in [6.07, 6.45) is 1.18. The highest BCUT2D eigenvalue weighted by Crippen LogP contribution is 2.23. The smallest absolute Gasteiger partial charge is 0.330 e. The van der Waals surface area contributed by atoms with Gasteiger partial charge in [0.2, 0.25) is 5.28 Å². The van der Waals surface area contributed by atoms with Crippen molar-refractivity contribution < 1.29 is 9.59 Å². The quantitative estimate of drug-likeness (QED) is 0.308. The summed E-state index contributed by atoms with van der Waals surface area (Å²) in [4.78, 5) is 37.0. The number of hydrazine groups is 2. The predicted octanol–water partition coefficient (Wildman–Crippen LogP) is -0.936. The van der Waals surface area contributed by atoms with E-state index in [4.69, 9.17) is 23.1 Å². The summed E-state index contributed by atoms with van der Waals surface area (Å²) >= 11 is 5.77. The Bertz CT molecular complexity index is 707. The van der Waals surface area contributed by atoms with Gasteiger partial charge in [0.05, 0.1) is 0 Å². The molecular formula is C8H9ClN10O2. The van der Waals surface area contributed by atoms with Crippen LogP contribution < -0.4 is 33.2 Å². The van der Waals surface area contributed by atoms with Crippen molar-refractivity contribution in [3.05, 3.63) is 11.6 Å². The van der Waals surface area contributed by atoms with Crippen molar-refractivity contribution in [3.8, 4) is 0 Å². The summed E-state index contributed by atoms with van der Waals surface area (Å²) in [5.41, 5.74) is 19.4. The molecule has 0 atom stereocenters. The maximum atomic E-state index is 10.7. The Hall–Kier alpha value is -3.15. The van der Waals surface area contributed by atoms with Gasteiger partial charge in [-0.3, -0.25) is 21.7 Å². The van der Waals surface area contributed by atoms with Crippen LogP contribution in [-0.2, 0) is 0 Å². The fraction of sp³-hybridized carbons (Fsp3) is 0. The van der Waals surface area contributed by atoms with Gasteiger partial charge in [0.25, 0.3) is 0 Å². The summed E-state index contributed by atoms with van der Waals surface area (Å²) in [5.74, 6) is 0.221. The first kappa shape index (κ1) is 14.3. The second-order valence-electron chi connectivity index (χ2n) is 3.49. The van der Waals surface area contributed by atoms with Crippen LogP contribution in [0.1, 0.15) is 0 Å². The molecule has 0 radical (unpaired) electrons. The summed E-state index contributed by atoms with van der Waals surface area (Å²) in [7, 11) is 0. The molecule has 0 bridgehead atoms. The lowest BCUT2D eigenvalue weighted by atomic mass is 10.4. The van der Waals surface area contributed by atoms with Crippen LogP contribution >= 0.6 is 11.6 Å². The number of primary amides is 2. The fourth-order valence-electron chi connectivity index (χ4n) is 1.34. The molecule has 13 heteroatoms. The van der Waals surface area contributed by atoms with E-state index in [-0.39, 0.29) is 28.0 Å². The van der Waals surface area contributed by atoms with Gasteiger partial charge < -0.3 is 11.5 Å². The minimum atomic E-state index is -0.833. The van der Waals surface area contributed by atoms with E-state index in [0.29, 0.717) is 0 Å². The number of nitrogens with zero attached hydrogens (tertiary/aromatic N) is 4. The Morgan fingerprint density at radius 3 is 2.19 bits per heavy atom. The predicted molar refractivity (Wildman–Crippen MR) is 72.8 cm³/mol. The number of hydrogen-bond donors (Lipinski definition) is 6. The van der Waals surface area contributed by atoms with E-state index in [2.05, 4.69) is 41.6 Å². The number of rotatable bonds is 4. The van der Waals surface area contributed by atoms with Crippen LogP contribution in [0.5, 0.6) is 0 Å². The van der Waals surface area contributed by atoms with Crippen molar-refractivity contribution >= 4 is 46.3 Å². The summed E-state index contributed by atoms with van der Waals surface area (Å²) < 4.78 is 0. The standard InChI is InChI=1S/C8H9ClN10O2/c9-6-14-3-2(5(15-6)17-19-8(11)21)12-1-13-4(3)16-18-7(10)20/h1H,(H3,10,18,20)(H3,11,19,21)(H,12,13,16)(H,14,15,17). The Morgan fingerprint density at radius 2 is 1.57 bits per heavy atom. The van der Waals surface area contributed by atoms with Crippen LogP contribution in [0, 0.1) is 0 Å². The maximum Gasteiger partial charge on any atom is 0.330 e. The minimum absolute atomic E-state index is 0.0910. The van der Waals surface area contributed by atoms with Crippen molar-refractivity contribution in [3.63, 3.8) is 0 Å². The van der Waals surface area contributed by atoms with Crippen molar-refractivity contribution in [2.45, 2.75) is 0 Å². The van der Waals surface area contributed by atoms with E-state index in [0.717, 1.165) is 0 Å². The molecule has 0 aliphatic heterocycles. The van der Waals surface area contributed by atoms with Gasteiger partial charge in [0.15, 0.2) is 11.6 Å². The van der Waals surface area contributed by atoms with Crippen LogP contribution in [0.15, 0.2) is 6.33 Å². The number of halogens is 1. The molecule has 8 N–H and O–H groups in total. The van der Waals surface area contributed by atoms with Gasteiger partial charge >= 0.3 is 12.1 Å². The molecule has 0 aromatic carbocycles. The zero-order chi connectivity index (χ0) is 15.4. The first-order valence-electron chi connectivity index (χ1n) is 5.28. The number of fused-ring (bicyclic) bond motifs is 1. The molecule has 2 heterocycles. The van der Waals surface area contributed by atoms with E-state index in [1.54, 1.807) is 0 Å². The highest BCUT2D eigenvalue weighted by Gasteiger charge is 2.13. The molecule has 0 saturated carbocycles. The summed E-state index contributed by atoms with van der Waals surface area (Å²) in [6.45, 7) is 0. The monoisotopic (exact) mass is 312 g/mol. The molecule has 0 fully saturated rings. The van der Waals surface area contributed by atoms with E-state index in [1.807, 2.05) is 0 Å². The fourth-order valence-corrected chi connectivity index (χ4v) is 1.51. The molecule has 4 amide bonds. The molecule has 21 heavy (non-hydrogen) atoms. The number of amides is 4. The van der Waals surface area contributed by atoms with Crippen molar-refractivity contribution in [1.82, 2.24) is 30.8 Å². The number of hydrogen-bond acceptors (Lipinski definition) is 8. The second kappa shape index (κ2) is 5.87. The van der Waals surface area contributed by atoms with Gasteiger partial charge in [0.1, 0.15) is 17.4 Å². The molecular weight excluding hydrogens is 304 g/mol. The molecule has 2 aromatic heterocycles. The maximum absolute atomic E-state index is 10.7. The number of carbonyl (C=O) groups is 2. The van der Waals surface area contributed by atoms with Gasteiger partial charge in [-0.05, 0) is 11.6 Å². The van der Waals surface area contributed by atoms with Gasteiger partial charge in [0, 0.05) is 0 Å². The third-order valence-electron chi connectivity index (χ3n) is 2.06. The molecule has 0 spiro atoms. The molecule has 2 rings (SSSR count). The number of nitrogens with two attached hydrogens (primary N) is 2. The highest BCUT2D eigenvalue weighted by molar-refractivity contribution is 6.29. The lowest BCUT2D eigenvalue weighted by Crippen LogP contribution is -2.35. The van der Waals surface area contributed by atoms with Crippen LogP contribution in [0.2, 0.25) is 5.28 Å². The third-order valence-corrected chi connectivity index (χ3v) is 2.23. The van der Waals surface area contributed by atoms with Gasteiger partial charge in [-0.25, -0.2) is 24.5 Å². The molecule has 0 unspecified atom stereocenters. The highest BCUT2D eigenvalue weighted by atomic mass is 35.5. The first-order valence-corrected chi connectivity index (χ1v) is 5.66. The Morgan fingerprint density at radius 1 is 0.952 bits per heavy atom. The Balaban J connectivity index is 2.44. The van der Waals surface area contributed by atoms with Gasteiger partial charge in [-0.15, -0.1) is 0 Å². The van der Waals surface area contributed by atoms with E-state index in [9.17, 15) is 9.59 Å². The summed E-state index contributed by atoms with van der Waals surface area (Å²) in [5, 5.41) is -0.145. The number of aromatic nitrogens is 4.